The highest BCUT2D eigenvalue weighted by Gasteiger charge is 2.29. The minimum absolute atomic E-state index is 0.0368. The van der Waals surface area contributed by atoms with Crippen LogP contribution in [-0.2, 0) is 4.79 Å². The van der Waals surface area contributed by atoms with Gasteiger partial charge in [0.05, 0.1) is 5.39 Å². The lowest BCUT2D eigenvalue weighted by atomic mass is 9.97. The minimum atomic E-state index is 0.0368. The van der Waals surface area contributed by atoms with Crippen molar-refractivity contribution in [2.45, 2.75) is 59.0 Å². The maximum atomic E-state index is 12.6. The van der Waals surface area contributed by atoms with Crippen LogP contribution in [0.5, 0.6) is 5.88 Å². The Balaban J connectivity index is 1.77. The van der Waals surface area contributed by atoms with E-state index in [4.69, 9.17) is 4.74 Å². The first-order valence-corrected chi connectivity index (χ1v) is 8.95. The standard InChI is InChI=1S/C17H23N3O2S/c1-10-6-5-7-11(2)20(10)14(21)8-22-16-15-12(3)13(4)23-17(15)19-9-18-16/h9-11H,5-8H2,1-4H3/t10-,11-/m0/s1. The van der Waals surface area contributed by atoms with Crippen molar-refractivity contribution < 1.29 is 9.53 Å². The molecular weight excluding hydrogens is 310 g/mol. The molecule has 1 saturated heterocycles. The molecular formula is C17H23N3O2S. The Morgan fingerprint density at radius 1 is 1.30 bits per heavy atom. The summed E-state index contributed by atoms with van der Waals surface area (Å²) in [6.45, 7) is 8.37. The number of hydrogen-bond acceptors (Lipinski definition) is 5. The SMILES string of the molecule is Cc1sc2ncnc(OCC(=O)N3[C@@H](C)CCC[C@@H]3C)c2c1C. The van der Waals surface area contributed by atoms with Crippen molar-refractivity contribution in [3.63, 3.8) is 0 Å². The van der Waals surface area contributed by atoms with Gasteiger partial charge >= 0.3 is 0 Å². The summed E-state index contributed by atoms with van der Waals surface area (Å²) in [6, 6.07) is 0.566. The molecule has 2 atom stereocenters. The number of likely N-dealkylation sites (tertiary alicyclic amines) is 1. The van der Waals surface area contributed by atoms with Crippen LogP contribution in [-0.4, -0.2) is 39.5 Å². The monoisotopic (exact) mass is 333 g/mol. The fourth-order valence-corrected chi connectivity index (χ4v) is 4.36. The summed E-state index contributed by atoms with van der Waals surface area (Å²) in [6.07, 6.45) is 4.82. The summed E-state index contributed by atoms with van der Waals surface area (Å²) in [4.78, 5) is 25.2. The molecule has 5 nitrogen and oxygen atoms in total. The average Bonchev–Trinajstić information content (AvgIpc) is 2.80. The smallest absolute Gasteiger partial charge is 0.261 e. The quantitative estimate of drug-likeness (QED) is 0.863. The van der Waals surface area contributed by atoms with E-state index in [1.807, 2.05) is 11.8 Å². The van der Waals surface area contributed by atoms with Gasteiger partial charge in [0.25, 0.3) is 5.91 Å². The van der Waals surface area contributed by atoms with Gasteiger partial charge in [-0.25, -0.2) is 9.97 Å². The second-order valence-corrected chi connectivity index (χ2v) is 7.56. The molecule has 0 radical (unpaired) electrons. The van der Waals surface area contributed by atoms with Gasteiger partial charge in [-0.2, -0.15) is 0 Å². The predicted molar refractivity (Wildman–Crippen MR) is 92.0 cm³/mol. The molecule has 3 heterocycles. The van der Waals surface area contributed by atoms with E-state index in [9.17, 15) is 4.79 Å². The number of aromatic nitrogens is 2. The molecule has 0 aromatic carbocycles. The molecule has 2 aromatic rings. The summed E-state index contributed by atoms with van der Waals surface area (Å²) >= 11 is 1.63. The molecule has 0 N–H and O–H groups in total. The first-order chi connectivity index (χ1) is 11.0. The van der Waals surface area contributed by atoms with Crippen LogP contribution in [0.15, 0.2) is 6.33 Å². The van der Waals surface area contributed by atoms with Gasteiger partial charge in [0.2, 0.25) is 5.88 Å². The Hall–Kier alpha value is -1.69. The topological polar surface area (TPSA) is 55.3 Å². The number of carbonyl (C=O) groups is 1. The van der Waals surface area contributed by atoms with E-state index in [0.29, 0.717) is 5.88 Å². The molecule has 1 amide bonds. The number of piperidine rings is 1. The molecule has 0 spiro atoms. The summed E-state index contributed by atoms with van der Waals surface area (Å²) in [7, 11) is 0. The zero-order chi connectivity index (χ0) is 16.6. The number of fused-ring (bicyclic) bond motifs is 1. The number of nitrogens with zero attached hydrogens (tertiary/aromatic N) is 3. The number of carbonyl (C=O) groups excluding carboxylic acids is 1. The highest BCUT2D eigenvalue weighted by molar-refractivity contribution is 7.18. The summed E-state index contributed by atoms with van der Waals surface area (Å²) in [5, 5.41) is 0.933. The summed E-state index contributed by atoms with van der Waals surface area (Å²) in [5.74, 6) is 0.559. The Labute approximate surface area is 140 Å². The first kappa shape index (κ1) is 16.2. The van der Waals surface area contributed by atoms with Crippen molar-refractivity contribution in [1.82, 2.24) is 14.9 Å². The highest BCUT2D eigenvalue weighted by Crippen LogP contribution is 2.33. The molecule has 6 heteroatoms. The molecule has 23 heavy (non-hydrogen) atoms. The predicted octanol–water partition coefficient (Wildman–Crippen LogP) is 3.48. The van der Waals surface area contributed by atoms with Crippen LogP contribution in [0.4, 0.5) is 0 Å². The minimum Gasteiger partial charge on any atom is -0.467 e. The van der Waals surface area contributed by atoms with E-state index >= 15 is 0 Å². The van der Waals surface area contributed by atoms with Crippen molar-refractivity contribution in [2.75, 3.05) is 6.61 Å². The molecule has 0 unspecified atom stereocenters. The average molecular weight is 333 g/mol. The number of rotatable bonds is 3. The zero-order valence-corrected chi connectivity index (χ0v) is 14.9. The van der Waals surface area contributed by atoms with E-state index in [1.165, 1.54) is 17.6 Å². The lowest BCUT2D eigenvalue weighted by molar-refractivity contribution is -0.139. The molecule has 0 aliphatic carbocycles. The third-order valence-corrected chi connectivity index (χ3v) is 5.86. The second kappa shape index (κ2) is 6.43. The van der Waals surface area contributed by atoms with Gasteiger partial charge < -0.3 is 9.64 Å². The lowest BCUT2D eigenvalue weighted by Gasteiger charge is -2.38. The molecule has 1 fully saturated rings. The summed E-state index contributed by atoms with van der Waals surface area (Å²) < 4.78 is 5.79. The van der Waals surface area contributed by atoms with Crippen LogP contribution in [0.3, 0.4) is 0 Å². The van der Waals surface area contributed by atoms with Crippen LogP contribution >= 0.6 is 11.3 Å². The van der Waals surface area contributed by atoms with Gasteiger partial charge in [-0.1, -0.05) is 0 Å². The normalized spacial score (nSPS) is 21.7. The molecule has 2 aromatic heterocycles. The molecule has 0 bridgehead atoms. The number of amides is 1. The Morgan fingerprint density at radius 3 is 2.70 bits per heavy atom. The van der Waals surface area contributed by atoms with Crippen LogP contribution < -0.4 is 4.74 Å². The maximum Gasteiger partial charge on any atom is 0.261 e. The van der Waals surface area contributed by atoms with Gasteiger partial charge in [-0.05, 0) is 52.5 Å². The van der Waals surface area contributed by atoms with E-state index in [0.717, 1.165) is 28.6 Å². The van der Waals surface area contributed by atoms with Gasteiger partial charge in [-0.15, -0.1) is 11.3 Å². The van der Waals surface area contributed by atoms with Crippen molar-refractivity contribution in [1.29, 1.82) is 0 Å². The Kier molecular flexibility index (Phi) is 4.53. The van der Waals surface area contributed by atoms with Crippen LogP contribution in [0, 0.1) is 13.8 Å². The van der Waals surface area contributed by atoms with E-state index in [-0.39, 0.29) is 24.6 Å². The number of ether oxygens (including phenoxy) is 1. The molecule has 124 valence electrons. The molecule has 1 aliphatic rings. The molecule has 1 aliphatic heterocycles. The van der Waals surface area contributed by atoms with Crippen molar-refractivity contribution in [3.8, 4) is 5.88 Å². The van der Waals surface area contributed by atoms with Gasteiger partial charge in [0, 0.05) is 17.0 Å². The third-order valence-electron chi connectivity index (χ3n) is 4.74. The van der Waals surface area contributed by atoms with Crippen LogP contribution in [0.25, 0.3) is 10.2 Å². The largest absolute Gasteiger partial charge is 0.467 e. The second-order valence-electron chi connectivity index (χ2n) is 6.36. The van der Waals surface area contributed by atoms with Gasteiger partial charge in [0.1, 0.15) is 11.2 Å². The maximum absolute atomic E-state index is 12.6. The van der Waals surface area contributed by atoms with E-state index < -0.39 is 0 Å². The van der Waals surface area contributed by atoms with Crippen molar-refractivity contribution >= 4 is 27.5 Å². The third kappa shape index (κ3) is 3.04. The number of hydrogen-bond donors (Lipinski definition) is 0. The van der Waals surface area contributed by atoms with Crippen LogP contribution in [0.2, 0.25) is 0 Å². The molecule has 0 saturated carbocycles. The number of aryl methyl sites for hydroxylation is 2. The summed E-state index contributed by atoms with van der Waals surface area (Å²) in [5.41, 5.74) is 1.13. The fourth-order valence-electron chi connectivity index (χ4n) is 3.38. The zero-order valence-electron chi connectivity index (χ0n) is 14.1. The van der Waals surface area contributed by atoms with Crippen molar-refractivity contribution in [3.05, 3.63) is 16.8 Å². The Bertz CT molecular complexity index is 718. The molecule has 3 rings (SSSR count). The first-order valence-electron chi connectivity index (χ1n) is 8.13. The number of thiophene rings is 1. The van der Waals surface area contributed by atoms with Crippen molar-refractivity contribution in [2.24, 2.45) is 0 Å². The fraction of sp³-hybridized carbons (Fsp3) is 0.588. The van der Waals surface area contributed by atoms with Gasteiger partial charge in [0.15, 0.2) is 6.61 Å². The van der Waals surface area contributed by atoms with E-state index in [2.05, 4.69) is 30.7 Å². The van der Waals surface area contributed by atoms with Crippen LogP contribution in [0.1, 0.15) is 43.6 Å². The Morgan fingerprint density at radius 2 is 2.00 bits per heavy atom. The highest BCUT2D eigenvalue weighted by atomic mass is 32.1. The lowest BCUT2D eigenvalue weighted by Crippen LogP contribution is -2.49. The van der Waals surface area contributed by atoms with E-state index in [1.54, 1.807) is 11.3 Å². The van der Waals surface area contributed by atoms with Gasteiger partial charge in [-0.3, -0.25) is 4.79 Å².